The van der Waals surface area contributed by atoms with Gasteiger partial charge in [0.05, 0.1) is 19.8 Å². The fourth-order valence-electron chi connectivity index (χ4n) is 1.75. The van der Waals surface area contributed by atoms with Crippen LogP contribution >= 0.6 is 0 Å². The lowest BCUT2D eigenvalue weighted by molar-refractivity contribution is 0.269. The molecule has 2 N–H and O–H groups in total. The number of benzene rings is 1. The van der Waals surface area contributed by atoms with Crippen molar-refractivity contribution in [3.63, 3.8) is 0 Å². The molecule has 0 saturated carbocycles. The maximum atomic E-state index is 8.81. The van der Waals surface area contributed by atoms with Crippen LogP contribution in [-0.2, 0) is 13.1 Å². The van der Waals surface area contributed by atoms with Crippen molar-refractivity contribution in [2.24, 2.45) is 0 Å². The van der Waals surface area contributed by atoms with E-state index in [1.54, 1.807) is 4.68 Å². The van der Waals surface area contributed by atoms with Crippen LogP contribution in [-0.4, -0.2) is 28.1 Å². The highest BCUT2D eigenvalue weighted by atomic mass is 16.5. The minimum Gasteiger partial charge on any atom is -0.494 e. The summed E-state index contributed by atoms with van der Waals surface area (Å²) >= 11 is 0. The van der Waals surface area contributed by atoms with E-state index >= 15 is 0 Å². The Morgan fingerprint density at radius 3 is 2.74 bits per heavy atom. The number of hydrogen-bond donors (Lipinski definition) is 2. The Morgan fingerprint density at radius 1 is 1.26 bits per heavy atom. The highest BCUT2D eigenvalue weighted by Gasteiger charge is 1.99. The van der Waals surface area contributed by atoms with Gasteiger partial charge in [0.1, 0.15) is 11.6 Å². The summed E-state index contributed by atoms with van der Waals surface area (Å²) in [4.78, 5) is 0. The van der Waals surface area contributed by atoms with Crippen LogP contribution in [0.1, 0.15) is 12.5 Å². The Labute approximate surface area is 112 Å². The molecule has 0 unspecified atom stereocenters. The fourth-order valence-corrected chi connectivity index (χ4v) is 1.75. The lowest BCUT2D eigenvalue weighted by Gasteiger charge is -2.06. The second kappa shape index (κ2) is 6.80. The standard InChI is InChI=1S/C14H19N3O2/c1-2-19-13-5-3-12(4-6-13)11-15-14-7-8-17(16-14)9-10-18/h3-8,18H,2,9-11H2,1H3,(H,15,16). The van der Waals surface area contributed by atoms with Gasteiger partial charge in [-0.25, -0.2) is 0 Å². The van der Waals surface area contributed by atoms with Crippen LogP contribution < -0.4 is 10.1 Å². The Kier molecular flexibility index (Phi) is 4.80. The van der Waals surface area contributed by atoms with Crippen molar-refractivity contribution in [3.8, 4) is 5.75 Å². The van der Waals surface area contributed by atoms with Gasteiger partial charge in [-0.15, -0.1) is 0 Å². The van der Waals surface area contributed by atoms with Gasteiger partial charge in [-0.1, -0.05) is 12.1 Å². The number of rotatable bonds is 7. The summed E-state index contributed by atoms with van der Waals surface area (Å²) in [6, 6.07) is 9.88. The molecular formula is C14H19N3O2. The molecule has 5 nitrogen and oxygen atoms in total. The summed E-state index contributed by atoms with van der Waals surface area (Å²) < 4.78 is 7.10. The quantitative estimate of drug-likeness (QED) is 0.799. The van der Waals surface area contributed by atoms with E-state index in [9.17, 15) is 0 Å². The highest BCUT2D eigenvalue weighted by molar-refractivity contribution is 5.35. The Bertz CT molecular complexity index is 494. The van der Waals surface area contributed by atoms with E-state index in [1.807, 2.05) is 43.5 Å². The molecule has 0 atom stereocenters. The third kappa shape index (κ3) is 3.99. The summed E-state index contributed by atoms with van der Waals surface area (Å²) in [6.45, 7) is 3.98. The summed E-state index contributed by atoms with van der Waals surface area (Å²) in [5, 5.41) is 16.3. The topological polar surface area (TPSA) is 59.3 Å². The van der Waals surface area contributed by atoms with Crippen LogP contribution in [0.4, 0.5) is 5.82 Å². The molecule has 5 heteroatoms. The first kappa shape index (κ1) is 13.4. The number of hydrogen-bond acceptors (Lipinski definition) is 4. The smallest absolute Gasteiger partial charge is 0.148 e. The molecule has 2 rings (SSSR count). The number of anilines is 1. The van der Waals surface area contributed by atoms with E-state index in [2.05, 4.69) is 10.4 Å². The third-order valence-electron chi connectivity index (χ3n) is 2.68. The average Bonchev–Trinajstić information content (AvgIpc) is 2.87. The highest BCUT2D eigenvalue weighted by Crippen LogP contribution is 2.13. The van der Waals surface area contributed by atoms with Crippen LogP contribution in [0.3, 0.4) is 0 Å². The van der Waals surface area contributed by atoms with E-state index in [4.69, 9.17) is 9.84 Å². The first-order valence-electron chi connectivity index (χ1n) is 6.41. The lowest BCUT2D eigenvalue weighted by Crippen LogP contribution is -2.04. The molecule has 0 saturated heterocycles. The molecule has 0 aliphatic rings. The summed E-state index contributed by atoms with van der Waals surface area (Å²) in [7, 11) is 0. The van der Waals surface area contributed by atoms with Crippen LogP contribution in [0.15, 0.2) is 36.5 Å². The third-order valence-corrected chi connectivity index (χ3v) is 2.68. The van der Waals surface area contributed by atoms with Gasteiger partial charge >= 0.3 is 0 Å². The molecule has 1 aromatic carbocycles. The first-order chi connectivity index (χ1) is 9.31. The minimum absolute atomic E-state index is 0.0972. The molecule has 0 fully saturated rings. The maximum absolute atomic E-state index is 8.81. The first-order valence-corrected chi connectivity index (χ1v) is 6.41. The van der Waals surface area contributed by atoms with Gasteiger partial charge in [-0.05, 0) is 24.6 Å². The zero-order chi connectivity index (χ0) is 13.5. The zero-order valence-corrected chi connectivity index (χ0v) is 11.0. The van der Waals surface area contributed by atoms with E-state index < -0.39 is 0 Å². The van der Waals surface area contributed by atoms with Gasteiger partial charge in [0.2, 0.25) is 0 Å². The second-order valence-electron chi connectivity index (χ2n) is 4.12. The molecular weight excluding hydrogens is 242 g/mol. The number of ether oxygens (including phenoxy) is 1. The largest absolute Gasteiger partial charge is 0.494 e. The minimum atomic E-state index is 0.0972. The van der Waals surface area contributed by atoms with Gasteiger partial charge in [-0.3, -0.25) is 4.68 Å². The van der Waals surface area contributed by atoms with Crippen LogP contribution in [0, 0.1) is 0 Å². The lowest BCUT2D eigenvalue weighted by atomic mass is 10.2. The Hall–Kier alpha value is -2.01. The summed E-state index contributed by atoms with van der Waals surface area (Å²) in [5.74, 6) is 1.70. The molecule has 2 aromatic rings. The van der Waals surface area contributed by atoms with Gasteiger partial charge in [0.15, 0.2) is 0 Å². The zero-order valence-electron chi connectivity index (χ0n) is 11.0. The number of nitrogens with one attached hydrogen (secondary N) is 1. The van der Waals surface area contributed by atoms with Crippen molar-refractivity contribution >= 4 is 5.82 Å². The van der Waals surface area contributed by atoms with Crippen LogP contribution in [0.5, 0.6) is 5.75 Å². The van der Waals surface area contributed by atoms with Crippen molar-refractivity contribution in [1.29, 1.82) is 0 Å². The molecule has 0 bridgehead atoms. The van der Waals surface area contributed by atoms with Gasteiger partial charge in [0.25, 0.3) is 0 Å². The van der Waals surface area contributed by atoms with E-state index in [-0.39, 0.29) is 6.61 Å². The van der Waals surface area contributed by atoms with Crippen molar-refractivity contribution < 1.29 is 9.84 Å². The van der Waals surface area contributed by atoms with E-state index in [0.717, 1.165) is 11.6 Å². The molecule has 102 valence electrons. The van der Waals surface area contributed by atoms with Crippen LogP contribution in [0.2, 0.25) is 0 Å². The SMILES string of the molecule is CCOc1ccc(CNc2ccn(CCO)n2)cc1. The molecule has 0 spiro atoms. The van der Waals surface area contributed by atoms with Gasteiger partial charge in [-0.2, -0.15) is 5.10 Å². The van der Waals surface area contributed by atoms with Crippen molar-refractivity contribution in [2.45, 2.75) is 20.0 Å². The predicted molar refractivity (Wildman–Crippen MR) is 74.3 cm³/mol. The van der Waals surface area contributed by atoms with E-state index in [1.165, 1.54) is 5.56 Å². The molecule has 0 radical (unpaired) electrons. The average molecular weight is 261 g/mol. The maximum Gasteiger partial charge on any atom is 0.148 e. The van der Waals surface area contributed by atoms with Gasteiger partial charge in [0, 0.05) is 18.8 Å². The molecule has 0 aliphatic carbocycles. The summed E-state index contributed by atoms with van der Waals surface area (Å²) in [6.07, 6.45) is 1.84. The number of nitrogens with zero attached hydrogens (tertiary/aromatic N) is 2. The van der Waals surface area contributed by atoms with E-state index in [0.29, 0.717) is 19.7 Å². The Morgan fingerprint density at radius 2 is 2.05 bits per heavy atom. The molecule has 0 aliphatic heterocycles. The van der Waals surface area contributed by atoms with Crippen molar-refractivity contribution in [3.05, 3.63) is 42.1 Å². The normalized spacial score (nSPS) is 10.4. The van der Waals surface area contributed by atoms with Crippen molar-refractivity contribution in [1.82, 2.24) is 9.78 Å². The van der Waals surface area contributed by atoms with Gasteiger partial charge < -0.3 is 15.2 Å². The second-order valence-corrected chi connectivity index (χ2v) is 4.12. The Balaban J connectivity index is 1.86. The molecule has 1 heterocycles. The molecule has 19 heavy (non-hydrogen) atoms. The molecule has 1 aromatic heterocycles. The number of aromatic nitrogens is 2. The fraction of sp³-hybridized carbons (Fsp3) is 0.357. The molecule has 0 amide bonds. The van der Waals surface area contributed by atoms with Crippen LogP contribution in [0.25, 0.3) is 0 Å². The number of aliphatic hydroxyl groups is 1. The van der Waals surface area contributed by atoms with Crippen molar-refractivity contribution in [2.75, 3.05) is 18.5 Å². The summed E-state index contributed by atoms with van der Waals surface area (Å²) in [5.41, 5.74) is 1.17. The number of aliphatic hydroxyl groups excluding tert-OH is 1. The monoisotopic (exact) mass is 261 g/mol. The predicted octanol–water partition coefficient (Wildman–Crippen LogP) is 1.89.